The SMILES string of the molecule is [Pd][CH2]CC(P(c1ccccc1)c1ccccc1)P(c1ccccc1)c1ccccc1. The predicted octanol–water partition coefficient (Wildman–Crippen LogP) is 5.93. The zero-order valence-corrected chi connectivity index (χ0v) is 20.1. The van der Waals surface area contributed by atoms with Crippen molar-refractivity contribution in [3.05, 3.63) is 121 Å². The Bertz CT molecular complexity index is 846. The van der Waals surface area contributed by atoms with Crippen molar-refractivity contribution >= 4 is 37.1 Å². The first-order valence-electron chi connectivity index (χ1n) is 10.2. The van der Waals surface area contributed by atoms with Crippen molar-refractivity contribution in [1.29, 1.82) is 0 Å². The number of rotatable bonds is 8. The summed E-state index contributed by atoms with van der Waals surface area (Å²) in [6, 6.07) is 44.6. The van der Waals surface area contributed by atoms with E-state index in [1.165, 1.54) is 21.2 Å². The van der Waals surface area contributed by atoms with Gasteiger partial charge < -0.3 is 0 Å². The summed E-state index contributed by atoms with van der Waals surface area (Å²) in [5.74, 6) is 0. The average Bonchev–Trinajstić information content (AvgIpc) is 2.82. The second-order valence-electron chi connectivity index (χ2n) is 7.01. The normalized spacial score (nSPS) is 11.4. The molecule has 0 N–H and O–H groups in total. The summed E-state index contributed by atoms with van der Waals surface area (Å²) in [5.41, 5.74) is 0. The van der Waals surface area contributed by atoms with Gasteiger partial charge in [-0.15, -0.1) is 0 Å². The van der Waals surface area contributed by atoms with Gasteiger partial charge in [-0.05, 0) is 0 Å². The Kier molecular flexibility index (Phi) is 8.03. The summed E-state index contributed by atoms with van der Waals surface area (Å²) >= 11 is 3.50. The molecule has 30 heavy (non-hydrogen) atoms. The topological polar surface area (TPSA) is 0 Å². The van der Waals surface area contributed by atoms with E-state index in [4.69, 9.17) is 0 Å². The van der Waals surface area contributed by atoms with Gasteiger partial charge in [0, 0.05) is 0 Å². The molecule has 153 valence electrons. The summed E-state index contributed by atoms with van der Waals surface area (Å²) in [4.78, 5) is 1.05. The van der Waals surface area contributed by atoms with Gasteiger partial charge in [0.05, 0.1) is 0 Å². The van der Waals surface area contributed by atoms with Gasteiger partial charge in [0.15, 0.2) is 0 Å². The quantitative estimate of drug-likeness (QED) is 0.201. The second-order valence-corrected chi connectivity index (χ2v) is 13.0. The molecule has 0 saturated heterocycles. The number of hydrogen-bond donors (Lipinski definition) is 0. The van der Waals surface area contributed by atoms with Crippen molar-refractivity contribution < 1.29 is 19.2 Å². The van der Waals surface area contributed by atoms with Gasteiger partial charge in [0.1, 0.15) is 0 Å². The van der Waals surface area contributed by atoms with E-state index in [0.29, 0.717) is 5.40 Å². The van der Waals surface area contributed by atoms with Crippen LogP contribution in [0.1, 0.15) is 6.42 Å². The first kappa shape index (κ1) is 21.6. The fraction of sp³-hybridized carbons (Fsp3) is 0.111. The molecule has 0 aliphatic rings. The molecule has 0 fully saturated rings. The average molecular weight is 518 g/mol. The van der Waals surface area contributed by atoms with Crippen LogP contribution in [0.2, 0.25) is 4.89 Å². The van der Waals surface area contributed by atoms with Crippen LogP contribution in [0.25, 0.3) is 0 Å². The van der Waals surface area contributed by atoms with Crippen LogP contribution in [0.4, 0.5) is 0 Å². The van der Waals surface area contributed by atoms with E-state index >= 15 is 0 Å². The minimum absolute atomic E-state index is 0.502. The van der Waals surface area contributed by atoms with E-state index in [2.05, 4.69) is 141 Å². The third-order valence-electron chi connectivity index (χ3n) is 5.08. The van der Waals surface area contributed by atoms with Crippen molar-refractivity contribution in [2.24, 2.45) is 0 Å². The molecule has 4 aromatic carbocycles. The Morgan fingerprint density at radius 2 is 0.733 bits per heavy atom. The molecule has 0 aromatic heterocycles. The molecule has 4 rings (SSSR count). The molecule has 3 heteroatoms. The van der Waals surface area contributed by atoms with Crippen molar-refractivity contribution in [3.63, 3.8) is 0 Å². The van der Waals surface area contributed by atoms with Gasteiger partial charge >= 0.3 is 194 Å². The zero-order chi connectivity index (χ0) is 20.6. The summed E-state index contributed by atoms with van der Waals surface area (Å²) in [7, 11) is -1.00. The van der Waals surface area contributed by atoms with Gasteiger partial charge in [0.25, 0.3) is 0 Å². The van der Waals surface area contributed by atoms with Crippen LogP contribution >= 0.6 is 15.8 Å². The van der Waals surface area contributed by atoms with Gasteiger partial charge in [-0.25, -0.2) is 0 Å². The van der Waals surface area contributed by atoms with Crippen molar-refractivity contribution in [2.45, 2.75) is 16.7 Å². The third-order valence-corrected chi connectivity index (χ3v) is 12.0. The van der Waals surface area contributed by atoms with Crippen LogP contribution < -0.4 is 21.2 Å². The molecule has 0 unspecified atom stereocenters. The third kappa shape index (κ3) is 5.17. The maximum absolute atomic E-state index is 3.50. The molecule has 0 spiro atoms. The summed E-state index contributed by atoms with van der Waals surface area (Å²) < 4.78 is 0. The van der Waals surface area contributed by atoms with Gasteiger partial charge in [0.2, 0.25) is 0 Å². The van der Waals surface area contributed by atoms with Gasteiger partial charge in [-0.3, -0.25) is 0 Å². The van der Waals surface area contributed by atoms with Crippen molar-refractivity contribution in [2.75, 3.05) is 0 Å². The standard InChI is InChI=1S/C27H25P2.Pd/c1-2-27(28(23-15-7-3-8-16-23)24-17-9-4-10-18-24)29(25-19-11-5-12-20-25)26-21-13-6-14-22-26;/h3-22,27H,1-2H2;. The van der Waals surface area contributed by atoms with Crippen LogP contribution in [0.5, 0.6) is 0 Å². The van der Waals surface area contributed by atoms with Crippen molar-refractivity contribution in [3.8, 4) is 0 Å². The summed E-state index contributed by atoms with van der Waals surface area (Å²) in [5, 5.41) is 6.42. The Hall–Kier alpha value is -1.60. The van der Waals surface area contributed by atoms with E-state index in [1.54, 1.807) is 0 Å². The molecule has 0 radical (unpaired) electrons. The summed E-state index contributed by atoms with van der Waals surface area (Å²) in [6.07, 6.45) is 1.16. The number of benzene rings is 4. The Morgan fingerprint density at radius 1 is 0.467 bits per heavy atom. The first-order valence-corrected chi connectivity index (χ1v) is 14.1. The molecule has 0 heterocycles. The van der Waals surface area contributed by atoms with Crippen LogP contribution in [0.15, 0.2) is 121 Å². The molecule has 0 aliphatic heterocycles. The molecule has 0 amide bonds. The Morgan fingerprint density at radius 3 is 0.967 bits per heavy atom. The van der Waals surface area contributed by atoms with Crippen molar-refractivity contribution in [1.82, 2.24) is 0 Å². The molecular weight excluding hydrogens is 493 g/mol. The van der Waals surface area contributed by atoms with Gasteiger partial charge in [-0.1, -0.05) is 0 Å². The second kappa shape index (κ2) is 11.1. The van der Waals surface area contributed by atoms with E-state index < -0.39 is 15.8 Å². The number of hydrogen-bond acceptors (Lipinski definition) is 0. The Labute approximate surface area is 193 Å². The van der Waals surface area contributed by atoms with Crippen LogP contribution in [0, 0.1) is 0 Å². The fourth-order valence-electron chi connectivity index (χ4n) is 3.80. The van der Waals surface area contributed by atoms with E-state index in [0.717, 1.165) is 11.3 Å². The zero-order valence-electron chi connectivity index (χ0n) is 16.7. The molecular formula is C27H25P2Pd. The van der Waals surface area contributed by atoms with Crippen LogP contribution in [0.3, 0.4) is 0 Å². The molecule has 4 aromatic rings. The molecule has 0 bridgehead atoms. The van der Waals surface area contributed by atoms with Crippen LogP contribution in [-0.2, 0) is 19.2 Å². The van der Waals surface area contributed by atoms with E-state index in [-0.39, 0.29) is 0 Å². The van der Waals surface area contributed by atoms with E-state index in [1.807, 2.05) is 0 Å². The molecule has 0 aliphatic carbocycles. The first-order chi connectivity index (χ1) is 14.9. The predicted molar refractivity (Wildman–Crippen MR) is 131 cm³/mol. The molecule has 0 nitrogen and oxygen atoms in total. The molecule has 0 atom stereocenters. The molecule has 0 saturated carbocycles. The Balaban J connectivity index is 1.89. The fourth-order valence-corrected chi connectivity index (χ4v) is 12.2. The van der Waals surface area contributed by atoms with E-state index in [9.17, 15) is 0 Å². The van der Waals surface area contributed by atoms with Gasteiger partial charge in [-0.2, -0.15) is 0 Å². The minimum atomic E-state index is -0.502. The monoisotopic (exact) mass is 517 g/mol. The maximum atomic E-state index is 3.50. The summed E-state index contributed by atoms with van der Waals surface area (Å²) in [6.45, 7) is 0. The van der Waals surface area contributed by atoms with Crippen LogP contribution in [-0.4, -0.2) is 5.40 Å².